The summed E-state index contributed by atoms with van der Waals surface area (Å²) in [5.74, 6) is -0.764. The molecular weight excluding hydrogens is 397 g/mol. The molecule has 0 radical (unpaired) electrons. The van der Waals surface area contributed by atoms with Gasteiger partial charge in [-0.1, -0.05) is 26.0 Å². The number of benzene rings is 1. The Kier molecular flexibility index (Phi) is 8.04. The van der Waals surface area contributed by atoms with Crippen LogP contribution in [0.25, 0.3) is 0 Å². The van der Waals surface area contributed by atoms with E-state index in [1.807, 2.05) is 18.7 Å². The molecule has 0 bridgehead atoms. The molecule has 170 valence electrons. The second-order valence-electron chi connectivity index (χ2n) is 9.14. The SMILES string of the molecule is CC(C)CC(=O)N[C@@H](C(=O)N1CCCCC1)C1CCN(C(=O)c2ccccc2F)CC1. The number of hydrogen-bond acceptors (Lipinski definition) is 3. The largest absolute Gasteiger partial charge is 0.344 e. The fourth-order valence-electron chi connectivity index (χ4n) is 4.54. The number of amides is 3. The first kappa shape index (κ1) is 23.2. The minimum absolute atomic E-state index is 0.00399. The van der Waals surface area contributed by atoms with E-state index in [9.17, 15) is 18.8 Å². The monoisotopic (exact) mass is 431 g/mol. The summed E-state index contributed by atoms with van der Waals surface area (Å²) in [6.07, 6.45) is 4.71. The van der Waals surface area contributed by atoms with Gasteiger partial charge in [0.2, 0.25) is 11.8 Å². The van der Waals surface area contributed by atoms with Crippen LogP contribution >= 0.6 is 0 Å². The van der Waals surface area contributed by atoms with Gasteiger partial charge >= 0.3 is 0 Å². The minimum atomic E-state index is -0.560. The van der Waals surface area contributed by atoms with E-state index in [0.717, 1.165) is 32.4 Å². The van der Waals surface area contributed by atoms with Crippen molar-refractivity contribution in [2.75, 3.05) is 26.2 Å². The van der Waals surface area contributed by atoms with Crippen molar-refractivity contribution in [2.24, 2.45) is 11.8 Å². The zero-order chi connectivity index (χ0) is 22.4. The van der Waals surface area contributed by atoms with E-state index in [1.54, 1.807) is 17.0 Å². The van der Waals surface area contributed by atoms with Gasteiger partial charge in [0.25, 0.3) is 5.91 Å². The standard InChI is InChI=1S/C24H34FN3O3/c1-17(2)16-21(29)26-22(24(31)27-12-6-3-7-13-27)18-10-14-28(15-11-18)23(30)19-8-4-5-9-20(19)25/h4-5,8-9,17-18,22H,3,6-7,10-16H2,1-2H3,(H,26,29)/t22-/m1/s1. The number of likely N-dealkylation sites (tertiary alicyclic amines) is 2. The molecule has 31 heavy (non-hydrogen) atoms. The van der Waals surface area contributed by atoms with E-state index < -0.39 is 11.9 Å². The summed E-state index contributed by atoms with van der Waals surface area (Å²) < 4.78 is 14.0. The average Bonchev–Trinajstić information content (AvgIpc) is 2.77. The van der Waals surface area contributed by atoms with Crippen molar-refractivity contribution in [2.45, 2.75) is 58.4 Å². The van der Waals surface area contributed by atoms with Crippen LogP contribution in [0.2, 0.25) is 0 Å². The number of hydrogen-bond donors (Lipinski definition) is 1. The van der Waals surface area contributed by atoms with Crippen molar-refractivity contribution in [1.29, 1.82) is 0 Å². The van der Waals surface area contributed by atoms with E-state index in [1.165, 1.54) is 12.1 Å². The average molecular weight is 432 g/mol. The summed E-state index contributed by atoms with van der Waals surface area (Å²) in [6.45, 7) is 6.32. The predicted molar refractivity (Wildman–Crippen MR) is 117 cm³/mol. The number of piperidine rings is 2. The lowest BCUT2D eigenvalue weighted by molar-refractivity contribution is -0.139. The van der Waals surface area contributed by atoms with Crippen LogP contribution in [0.3, 0.4) is 0 Å². The first-order chi connectivity index (χ1) is 14.9. The second kappa shape index (κ2) is 10.7. The predicted octanol–water partition coefficient (Wildman–Crippen LogP) is 3.22. The molecule has 1 N–H and O–H groups in total. The van der Waals surface area contributed by atoms with E-state index in [-0.39, 0.29) is 35.1 Å². The molecule has 2 aliphatic rings. The molecule has 1 aromatic carbocycles. The number of rotatable bonds is 6. The van der Waals surface area contributed by atoms with Crippen LogP contribution < -0.4 is 5.32 Å². The Balaban J connectivity index is 1.67. The maximum absolute atomic E-state index is 14.0. The molecule has 2 fully saturated rings. The topological polar surface area (TPSA) is 69.7 Å². The molecule has 0 aliphatic carbocycles. The number of nitrogens with one attached hydrogen (secondary N) is 1. The Bertz CT molecular complexity index is 784. The molecule has 2 aliphatic heterocycles. The smallest absolute Gasteiger partial charge is 0.256 e. The Morgan fingerprint density at radius 1 is 1.00 bits per heavy atom. The third-order valence-electron chi connectivity index (χ3n) is 6.25. The van der Waals surface area contributed by atoms with Crippen LogP contribution in [0.15, 0.2) is 24.3 Å². The van der Waals surface area contributed by atoms with Crippen molar-refractivity contribution in [3.63, 3.8) is 0 Å². The summed E-state index contributed by atoms with van der Waals surface area (Å²) in [5.41, 5.74) is 0.0760. The van der Waals surface area contributed by atoms with Gasteiger partial charge in [-0.25, -0.2) is 4.39 Å². The summed E-state index contributed by atoms with van der Waals surface area (Å²) >= 11 is 0. The molecule has 3 rings (SSSR count). The van der Waals surface area contributed by atoms with Gasteiger partial charge in [-0.05, 0) is 56.1 Å². The molecule has 0 unspecified atom stereocenters. The number of carbonyl (C=O) groups is 3. The van der Waals surface area contributed by atoms with E-state index >= 15 is 0 Å². The van der Waals surface area contributed by atoms with Gasteiger partial charge in [0.1, 0.15) is 11.9 Å². The van der Waals surface area contributed by atoms with Crippen molar-refractivity contribution >= 4 is 17.7 Å². The van der Waals surface area contributed by atoms with Gasteiger partial charge < -0.3 is 15.1 Å². The Hall–Kier alpha value is -2.44. The van der Waals surface area contributed by atoms with Crippen LogP contribution in [0, 0.1) is 17.7 Å². The van der Waals surface area contributed by atoms with Gasteiger partial charge in [-0.2, -0.15) is 0 Å². The van der Waals surface area contributed by atoms with Gasteiger partial charge in [0.05, 0.1) is 5.56 Å². The molecule has 1 aromatic rings. The second-order valence-corrected chi connectivity index (χ2v) is 9.14. The summed E-state index contributed by atoms with van der Waals surface area (Å²) in [6, 6.07) is 5.45. The molecule has 2 saturated heterocycles. The minimum Gasteiger partial charge on any atom is -0.344 e. The van der Waals surface area contributed by atoms with Crippen LogP contribution in [0.4, 0.5) is 4.39 Å². The van der Waals surface area contributed by atoms with Gasteiger partial charge in [0.15, 0.2) is 0 Å². The molecule has 6 nitrogen and oxygen atoms in total. The molecule has 3 amide bonds. The fourth-order valence-corrected chi connectivity index (χ4v) is 4.54. The molecular formula is C24H34FN3O3. The highest BCUT2D eigenvalue weighted by atomic mass is 19.1. The van der Waals surface area contributed by atoms with Crippen molar-refractivity contribution in [3.05, 3.63) is 35.6 Å². The van der Waals surface area contributed by atoms with Crippen LogP contribution in [0.5, 0.6) is 0 Å². The fraction of sp³-hybridized carbons (Fsp3) is 0.625. The van der Waals surface area contributed by atoms with E-state index in [2.05, 4.69) is 5.32 Å². The van der Waals surface area contributed by atoms with Gasteiger partial charge in [-0.15, -0.1) is 0 Å². The van der Waals surface area contributed by atoms with Crippen molar-refractivity contribution in [1.82, 2.24) is 15.1 Å². The highest BCUT2D eigenvalue weighted by molar-refractivity contribution is 5.94. The Morgan fingerprint density at radius 3 is 2.26 bits per heavy atom. The van der Waals surface area contributed by atoms with E-state index in [4.69, 9.17) is 0 Å². The van der Waals surface area contributed by atoms with Crippen LogP contribution in [-0.2, 0) is 9.59 Å². The molecule has 0 aromatic heterocycles. The van der Waals surface area contributed by atoms with Crippen LogP contribution in [0.1, 0.15) is 62.7 Å². The normalized spacial score (nSPS) is 18.7. The van der Waals surface area contributed by atoms with E-state index in [0.29, 0.717) is 32.4 Å². The highest BCUT2D eigenvalue weighted by Crippen LogP contribution is 2.25. The lowest BCUT2D eigenvalue weighted by atomic mass is 9.87. The van der Waals surface area contributed by atoms with Crippen molar-refractivity contribution < 1.29 is 18.8 Å². The molecule has 7 heteroatoms. The summed E-state index contributed by atoms with van der Waals surface area (Å²) in [7, 11) is 0. The molecule has 2 heterocycles. The van der Waals surface area contributed by atoms with Gasteiger partial charge in [-0.3, -0.25) is 14.4 Å². The summed E-state index contributed by atoms with van der Waals surface area (Å²) in [5, 5.41) is 3.01. The first-order valence-electron chi connectivity index (χ1n) is 11.5. The quantitative estimate of drug-likeness (QED) is 0.752. The number of nitrogens with zero attached hydrogens (tertiary/aromatic N) is 2. The third kappa shape index (κ3) is 6.05. The first-order valence-corrected chi connectivity index (χ1v) is 11.5. The van der Waals surface area contributed by atoms with Crippen molar-refractivity contribution in [3.8, 4) is 0 Å². The molecule has 0 spiro atoms. The Labute approximate surface area is 184 Å². The maximum Gasteiger partial charge on any atom is 0.256 e. The Morgan fingerprint density at radius 2 is 1.65 bits per heavy atom. The molecule has 1 atom stereocenters. The van der Waals surface area contributed by atoms with Gasteiger partial charge in [0, 0.05) is 32.6 Å². The number of halogens is 1. The summed E-state index contributed by atoms with van der Waals surface area (Å²) in [4.78, 5) is 42.0. The lowest BCUT2D eigenvalue weighted by Gasteiger charge is -2.38. The zero-order valence-electron chi connectivity index (χ0n) is 18.6. The maximum atomic E-state index is 14.0. The number of carbonyl (C=O) groups excluding carboxylic acids is 3. The van der Waals surface area contributed by atoms with Crippen LogP contribution in [-0.4, -0.2) is 59.7 Å². The zero-order valence-corrected chi connectivity index (χ0v) is 18.6. The lowest BCUT2D eigenvalue weighted by Crippen LogP contribution is -2.55. The third-order valence-corrected chi connectivity index (χ3v) is 6.25. The highest BCUT2D eigenvalue weighted by Gasteiger charge is 2.36. The molecule has 0 saturated carbocycles.